The van der Waals surface area contributed by atoms with Crippen molar-refractivity contribution in [2.75, 3.05) is 6.54 Å². The maximum absolute atomic E-state index is 12.8. The number of hydrogen-bond donors (Lipinski definition) is 1. The van der Waals surface area contributed by atoms with E-state index in [1.165, 1.54) is 6.08 Å². The molecular formula is C16H24FNO. The van der Waals surface area contributed by atoms with Crippen molar-refractivity contribution in [2.45, 2.75) is 46.5 Å². The van der Waals surface area contributed by atoms with Gasteiger partial charge in [0, 0.05) is 13.0 Å². The van der Waals surface area contributed by atoms with Gasteiger partial charge in [-0.15, -0.1) is 6.42 Å². The number of carbonyl (C=O) groups excluding carboxylic acids is 1. The summed E-state index contributed by atoms with van der Waals surface area (Å²) in [6, 6.07) is 0. The van der Waals surface area contributed by atoms with Gasteiger partial charge in [-0.1, -0.05) is 38.3 Å². The zero-order valence-electron chi connectivity index (χ0n) is 12.1. The highest BCUT2D eigenvalue weighted by Gasteiger charge is 2.06. The maximum atomic E-state index is 12.8. The van der Waals surface area contributed by atoms with E-state index >= 15 is 0 Å². The van der Waals surface area contributed by atoms with Crippen LogP contribution in [0, 0.1) is 18.3 Å². The number of rotatable bonds is 8. The summed E-state index contributed by atoms with van der Waals surface area (Å²) in [6.07, 6.45) is 11.4. The molecule has 0 aromatic heterocycles. The van der Waals surface area contributed by atoms with E-state index in [-0.39, 0.29) is 12.3 Å². The average Bonchev–Trinajstić information content (AvgIpc) is 2.40. The largest absolute Gasteiger partial charge is 0.356 e. The second-order valence-corrected chi connectivity index (χ2v) is 4.66. The fraction of sp³-hybridized carbons (Fsp3) is 0.562. The smallest absolute Gasteiger partial charge is 0.223 e. The lowest BCUT2D eigenvalue weighted by Crippen LogP contribution is -2.28. The third kappa shape index (κ3) is 9.07. The summed E-state index contributed by atoms with van der Waals surface area (Å²) in [6.45, 7) is 6.70. The lowest BCUT2D eigenvalue weighted by molar-refractivity contribution is -0.120. The van der Waals surface area contributed by atoms with Crippen LogP contribution in [-0.4, -0.2) is 12.5 Å². The van der Waals surface area contributed by atoms with Crippen LogP contribution in [0.25, 0.3) is 0 Å². The van der Waals surface area contributed by atoms with Gasteiger partial charge in [-0.25, -0.2) is 0 Å². The lowest BCUT2D eigenvalue weighted by atomic mass is 10.0. The van der Waals surface area contributed by atoms with Crippen molar-refractivity contribution in [2.24, 2.45) is 5.92 Å². The van der Waals surface area contributed by atoms with Gasteiger partial charge in [0.15, 0.2) is 5.83 Å². The molecule has 1 N–H and O–H groups in total. The summed E-state index contributed by atoms with van der Waals surface area (Å²) in [4.78, 5) is 11.6. The SMILES string of the molecule is C#C/C(F)=C\C(C)=C/CC(=O)NCC(CC)CCC. The summed E-state index contributed by atoms with van der Waals surface area (Å²) in [5, 5.41) is 2.90. The first-order chi connectivity index (χ1) is 9.03. The number of allylic oxidation sites excluding steroid dienone is 3. The summed E-state index contributed by atoms with van der Waals surface area (Å²) >= 11 is 0. The molecule has 3 heteroatoms. The molecule has 0 bridgehead atoms. The van der Waals surface area contributed by atoms with E-state index < -0.39 is 5.83 Å². The number of nitrogens with one attached hydrogen (secondary N) is 1. The number of carbonyl (C=O) groups is 1. The molecule has 0 rings (SSSR count). The molecule has 0 aliphatic carbocycles. The van der Waals surface area contributed by atoms with Crippen LogP contribution in [0.5, 0.6) is 0 Å². The highest BCUT2D eigenvalue weighted by atomic mass is 19.1. The molecule has 1 amide bonds. The van der Waals surface area contributed by atoms with Crippen LogP contribution < -0.4 is 5.32 Å². The minimum absolute atomic E-state index is 0.0385. The Hall–Kier alpha value is -1.56. The lowest BCUT2D eigenvalue weighted by Gasteiger charge is -2.14. The van der Waals surface area contributed by atoms with Crippen molar-refractivity contribution < 1.29 is 9.18 Å². The molecular weight excluding hydrogens is 241 g/mol. The first kappa shape index (κ1) is 17.4. The van der Waals surface area contributed by atoms with Gasteiger partial charge >= 0.3 is 0 Å². The molecule has 1 atom stereocenters. The molecule has 2 nitrogen and oxygen atoms in total. The first-order valence-corrected chi connectivity index (χ1v) is 6.80. The number of halogens is 1. The Labute approximate surface area is 116 Å². The average molecular weight is 265 g/mol. The van der Waals surface area contributed by atoms with Gasteiger partial charge < -0.3 is 5.32 Å². The summed E-state index contributed by atoms with van der Waals surface area (Å²) in [7, 11) is 0. The van der Waals surface area contributed by atoms with E-state index in [9.17, 15) is 9.18 Å². The summed E-state index contributed by atoms with van der Waals surface area (Å²) in [5.41, 5.74) is 0.659. The van der Waals surface area contributed by atoms with Gasteiger partial charge in [-0.2, -0.15) is 4.39 Å². The Morgan fingerprint density at radius 2 is 2.16 bits per heavy atom. The van der Waals surface area contributed by atoms with Gasteiger partial charge in [0.1, 0.15) is 0 Å². The zero-order chi connectivity index (χ0) is 14.7. The van der Waals surface area contributed by atoms with Crippen molar-refractivity contribution in [1.29, 1.82) is 0 Å². The monoisotopic (exact) mass is 265 g/mol. The fourth-order valence-electron chi connectivity index (χ4n) is 1.74. The minimum Gasteiger partial charge on any atom is -0.356 e. The van der Waals surface area contributed by atoms with Crippen LogP contribution in [0.4, 0.5) is 4.39 Å². The fourth-order valence-corrected chi connectivity index (χ4v) is 1.74. The molecule has 0 aliphatic heterocycles. The Bertz CT molecular complexity index is 377. The van der Waals surface area contributed by atoms with E-state index in [0.29, 0.717) is 18.0 Å². The molecule has 0 aliphatic rings. The highest BCUT2D eigenvalue weighted by Crippen LogP contribution is 2.09. The molecule has 0 radical (unpaired) electrons. The van der Waals surface area contributed by atoms with Gasteiger partial charge in [0.25, 0.3) is 0 Å². The molecule has 0 saturated heterocycles. The predicted octanol–water partition coefficient (Wildman–Crippen LogP) is 3.75. The molecule has 1 unspecified atom stereocenters. The Kier molecular flexibility index (Phi) is 9.52. The van der Waals surface area contributed by atoms with Crippen molar-refractivity contribution in [3.05, 3.63) is 23.6 Å². The molecule has 0 saturated carbocycles. The Balaban J connectivity index is 4.12. The van der Waals surface area contributed by atoms with E-state index in [0.717, 1.165) is 19.3 Å². The third-order valence-corrected chi connectivity index (χ3v) is 2.96. The quantitative estimate of drug-likeness (QED) is 0.525. The zero-order valence-corrected chi connectivity index (χ0v) is 12.1. The summed E-state index contributed by atoms with van der Waals surface area (Å²) < 4.78 is 12.8. The van der Waals surface area contributed by atoms with Crippen LogP contribution in [0.2, 0.25) is 0 Å². The minimum atomic E-state index is -0.622. The molecule has 106 valence electrons. The van der Waals surface area contributed by atoms with E-state index in [4.69, 9.17) is 6.42 Å². The van der Waals surface area contributed by atoms with Crippen molar-refractivity contribution in [3.63, 3.8) is 0 Å². The topological polar surface area (TPSA) is 29.1 Å². The molecule has 0 aromatic rings. The predicted molar refractivity (Wildman–Crippen MR) is 78.1 cm³/mol. The van der Waals surface area contributed by atoms with Crippen LogP contribution in [0.3, 0.4) is 0 Å². The first-order valence-electron chi connectivity index (χ1n) is 6.80. The van der Waals surface area contributed by atoms with Gasteiger partial charge in [0.05, 0.1) is 0 Å². The van der Waals surface area contributed by atoms with Crippen molar-refractivity contribution in [3.8, 4) is 12.3 Å². The van der Waals surface area contributed by atoms with E-state index in [1.807, 2.05) is 5.92 Å². The van der Waals surface area contributed by atoms with Crippen LogP contribution in [0.15, 0.2) is 23.6 Å². The number of terminal acetylenes is 1. The van der Waals surface area contributed by atoms with Crippen molar-refractivity contribution >= 4 is 5.91 Å². The van der Waals surface area contributed by atoms with Gasteiger partial charge in [0.2, 0.25) is 5.91 Å². The van der Waals surface area contributed by atoms with Crippen molar-refractivity contribution in [1.82, 2.24) is 5.32 Å². The molecule has 0 spiro atoms. The van der Waals surface area contributed by atoms with E-state index in [2.05, 4.69) is 19.2 Å². The molecule has 0 heterocycles. The number of hydrogen-bond acceptors (Lipinski definition) is 1. The standard InChI is InChI=1S/C16H24FNO/c1-5-8-14(6-2)12-18-16(19)10-9-13(4)11-15(17)7-3/h3,9,11,14H,5-6,8,10,12H2,1-2,4H3,(H,18,19)/b13-9-,15-11+. The normalized spacial score (nSPS) is 13.8. The summed E-state index contributed by atoms with van der Waals surface area (Å²) in [5.74, 6) is 1.78. The molecule has 19 heavy (non-hydrogen) atoms. The maximum Gasteiger partial charge on any atom is 0.223 e. The van der Waals surface area contributed by atoms with Crippen LogP contribution in [-0.2, 0) is 4.79 Å². The van der Waals surface area contributed by atoms with E-state index in [1.54, 1.807) is 13.0 Å². The Morgan fingerprint density at radius 3 is 2.68 bits per heavy atom. The van der Waals surface area contributed by atoms with Crippen LogP contribution in [0.1, 0.15) is 46.5 Å². The molecule has 0 aromatic carbocycles. The Morgan fingerprint density at radius 1 is 1.47 bits per heavy atom. The highest BCUT2D eigenvalue weighted by molar-refractivity contribution is 5.77. The third-order valence-electron chi connectivity index (χ3n) is 2.96. The van der Waals surface area contributed by atoms with Gasteiger partial charge in [-0.05, 0) is 31.3 Å². The second-order valence-electron chi connectivity index (χ2n) is 4.66. The van der Waals surface area contributed by atoms with Crippen LogP contribution >= 0.6 is 0 Å². The molecule has 0 fully saturated rings. The second kappa shape index (κ2) is 10.4. The number of amides is 1. The van der Waals surface area contributed by atoms with Gasteiger partial charge in [-0.3, -0.25) is 4.79 Å².